The van der Waals surface area contributed by atoms with Crippen molar-refractivity contribution >= 4 is 11.6 Å². The molecule has 1 aromatic carbocycles. The first-order valence-electron chi connectivity index (χ1n) is 14.3. The van der Waals surface area contributed by atoms with E-state index in [1.54, 1.807) is 7.11 Å². The van der Waals surface area contributed by atoms with E-state index < -0.39 is 0 Å². The van der Waals surface area contributed by atoms with Crippen LogP contribution in [0.4, 0.5) is 5.69 Å². The third-order valence-electron chi connectivity index (χ3n) is 8.46. The monoisotopic (exact) mass is 501 g/mol. The number of anilines is 1. The predicted octanol–water partition coefficient (Wildman–Crippen LogP) is 4.98. The fraction of sp³-hybridized carbons (Fsp3) is 0.759. The lowest BCUT2D eigenvalue weighted by Crippen LogP contribution is -2.39. The summed E-state index contributed by atoms with van der Waals surface area (Å²) in [6, 6.07) is 7.13. The van der Waals surface area contributed by atoms with Crippen molar-refractivity contribution in [3.8, 4) is 11.5 Å². The van der Waals surface area contributed by atoms with Gasteiger partial charge in [-0.05, 0) is 76.0 Å². The molecule has 1 aromatic rings. The summed E-state index contributed by atoms with van der Waals surface area (Å²) in [6.45, 7) is 9.19. The molecule has 0 bridgehead atoms. The highest BCUT2D eigenvalue weighted by Gasteiger charge is 2.29. The van der Waals surface area contributed by atoms with Crippen molar-refractivity contribution in [2.45, 2.75) is 96.2 Å². The van der Waals surface area contributed by atoms with E-state index in [1.807, 2.05) is 6.07 Å². The molecule has 1 aliphatic carbocycles. The van der Waals surface area contributed by atoms with Crippen LogP contribution in [0.1, 0.15) is 78.1 Å². The van der Waals surface area contributed by atoms with Gasteiger partial charge in [-0.3, -0.25) is 4.79 Å². The van der Waals surface area contributed by atoms with Crippen LogP contribution in [0.15, 0.2) is 18.2 Å². The summed E-state index contributed by atoms with van der Waals surface area (Å²) >= 11 is 0. The zero-order valence-corrected chi connectivity index (χ0v) is 22.7. The van der Waals surface area contributed by atoms with Crippen molar-refractivity contribution in [3.63, 3.8) is 0 Å². The summed E-state index contributed by atoms with van der Waals surface area (Å²) in [5.41, 5.74) is 1.19. The molecule has 36 heavy (non-hydrogen) atoms. The summed E-state index contributed by atoms with van der Waals surface area (Å²) in [5, 5.41) is 3.27. The topological polar surface area (TPSA) is 63.3 Å². The van der Waals surface area contributed by atoms with Gasteiger partial charge >= 0.3 is 0 Å². The Kier molecular flexibility index (Phi) is 10.2. The molecule has 1 saturated carbocycles. The van der Waals surface area contributed by atoms with Crippen LogP contribution in [0, 0.1) is 5.92 Å². The Labute approximate surface area is 217 Å². The Balaban J connectivity index is 1.20. The molecular weight excluding hydrogens is 454 g/mol. The van der Waals surface area contributed by atoms with E-state index in [4.69, 9.17) is 14.2 Å². The summed E-state index contributed by atoms with van der Waals surface area (Å²) in [6.07, 6.45) is 10.8. The average molecular weight is 502 g/mol. The molecule has 0 radical (unpaired) electrons. The van der Waals surface area contributed by atoms with Crippen molar-refractivity contribution in [3.05, 3.63) is 18.2 Å². The second kappa shape index (κ2) is 13.5. The maximum absolute atomic E-state index is 12.4. The molecule has 2 aliphatic heterocycles. The van der Waals surface area contributed by atoms with Gasteiger partial charge in [-0.1, -0.05) is 26.3 Å². The van der Waals surface area contributed by atoms with Crippen LogP contribution in [0.2, 0.25) is 0 Å². The molecule has 1 amide bonds. The fourth-order valence-electron chi connectivity index (χ4n) is 6.22. The van der Waals surface area contributed by atoms with Crippen LogP contribution < -0.4 is 19.7 Å². The number of fused-ring (bicyclic) bond motifs is 1. The molecular formula is C29H47N3O4. The third kappa shape index (κ3) is 7.06. The Morgan fingerprint density at radius 3 is 2.69 bits per heavy atom. The summed E-state index contributed by atoms with van der Waals surface area (Å²) in [5.74, 6) is 2.71. The number of amides is 1. The molecule has 7 heteroatoms. The second-order valence-electron chi connectivity index (χ2n) is 10.8. The van der Waals surface area contributed by atoms with E-state index in [-0.39, 0.29) is 12.0 Å². The number of rotatable bonds is 11. The lowest BCUT2D eigenvalue weighted by atomic mass is 9.84. The van der Waals surface area contributed by atoms with Gasteiger partial charge in [0.1, 0.15) is 0 Å². The maximum Gasteiger partial charge on any atom is 0.231 e. The molecule has 0 spiro atoms. The molecule has 2 unspecified atom stereocenters. The Bertz CT molecular complexity index is 827. The van der Waals surface area contributed by atoms with Gasteiger partial charge in [0.25, 0.3) is 0 Å². The lowest BCUT2D eigenvalue weighted by molar-refractivity contribution is -0.124. The minimum Gasteiger partial charge on any atom is -0.454 e. The van der Waals surface area contributed by atoms with Crippen molar-refractivity contribution in [2.24, 2.45) is 5.92 Å². The number of carbonyl (C=O) groups is 1. The second-order valence-corrected chi connectivity index (χ2v) is 10.8. The number of hydrogen-bond donors (Lipinski definition) is 1. The molecule has 0 aromatic heterocycles. The normalized spacial score (nSPS) is 25.4. The quantitative estimate of drug-likeness (QED) is 0.462. The van der Waals surface area contributed by atoms with Crippen molar-refractivity contribution in [2.75, 3.05) is 45.0 Å². The fourth-order valence-corrected chi connectivity index (χ4v) is 6.22. The molecule has 7 nitrogen and oxygen atoms in total. The van der Waals surface area contributed by atoms with Gasteiger partial charge in [-0.2, -0.15) is 0 Å². The van der Waals surface area contributed by atoms with Crippen LogP contribution in [-0.2, 0) is 9.53 Å². The van der Waals surface area contributed by atoms with Crippen molar-refractivity contribution < 1.29 is 19.0 Å². The van der Waals surface area contributed by atoms with Crippen LogP contribution in [0.3, 0.4) is 0 Å². The predicted molar refractivity (Wildman–Crippen MR) is 144 cm³/mol. The Morgan fingerprint density at radius 2 is 1.94 bits per heavy atom. The molecule has 2 fully saturated rings. The molecule has 2 atom stereocenters. The average Bonchev–Trinajstić information content (AvgIpc) is 3.29. The Hall–Kier alpha value is -1.99. The molecule has 4 rings (SSSR count). The number of hydrogen-bond acceptors (Lipinski definition) is 6. The number of methoxy groups -OCH3 is 1. The standard InChI is InChI=1S/C29H47N3O4/c1-4-7-25(34-3)20-28(33)30-23-12-10-22(11-13-23)14-16-31-17-15-24(5-2)32(19-18-31)26-8-6-9-27-29(26)36-21-35-27/h6,8-9,22-25H,4-5,7,10-21H2,1-3H3,(H,30,33). The van der Waals surface area contributed by atoms with Gasteiger partial charge in [0.2, 0.25) is 12.7 Å². The van der Waals surface area contributed by atoms with Crippen LogP contribution in [0.25, 0.3) is 0 Å². The third-order valence-corrected chi connectivity index (χ3v) is 8.46. The van der Waals surface area contributed by atoms with E-state index in [2.05, 4.69) is 41.1 Å². The van der Waals surface area contributed by atoms with E-state index in [1.165, 1.54) is 37.9 Å². The first-order chi connectivity index (χ1) is 17.6. The largest absolute Gasteiger partial charge is 0.454 e. The van der Waals surface area contributed by atoms with Gasteiger partial charge in [0.15, 0.2) is 11.5 Å². The molecule has 3 aliphatic rings. The highest BCUT2D eigenvalue weighted by Crippen LogP contribution is 2.42. The van der Waals surface area contributed by atoms with E-state index in [0.717, 1.165) is 69.2 Å². The number of carbonyl (C=O) groups excluding carboxylic acids is 1. The minimum absolute atomic E-state index is 0.0480. The minimum atomic E-state index is 0.0480. The SMILES string of the molecule is CCCC(CC(=O)NC1CCC(CCN2CCC(CC)N(c3cccc4c3OCO4)CC2)CC1)OC. The lowest BCUT2D eigenvalue weighted by Gasteiger charge is -2.32. The molecule has 2 heterocycles. The highest BCUT2D eigenvalue weighted by atomic mass is 16.7. The summed E-state index contributed by atoms with van der Waals surface area (Å²) in [4.78, 5) is 17.6. The zero-order valence-electron chi connectivity index (χ0n) is 22.7. The van der Waals surface area contributed by atoms with Gasteiger partial charge in [0.05, 0.1) is 18.2 Å². The number of para-hydroxylation sites is 1. The summed E-state index contributed by atoms with van der Waals surface area (Å²) < 4.78 is 16.9. The van der Waals surface area contributed by atoms with Gasteiger partial charge < -0.3 is 29.3 Å². The van der Waals surface area contributed by atoms with E-state index >= 15 is 0 Å². The molecule has 202 valence electrons. The Morgan fingerprint density at radius 1 is 1.11 bits per heavy atom. The summed E-state index contributed by atoms with van der Waals surface area (Å²) in [7, 11) is 1.71. The number of ether oxygens (including phenoxy) is 3. The zero-order chi connectivity index (χ0) is 25.3. The van der Waals surface area contributed by atoms with Crippen LogP contribution in [0.5, 0.6) is 11.5 Å². The number of nitrogens with one attached hydrogen (secondary N) is 1. The van der Waals surface area contributed by atoms with Gasteiger partial charge in [0, 0.05) is 38.8 Å². The molecule has 1 N–H and O–H groups in total. The van der Waals surface area contributed by atoms with E-state index in [9.17, 15) is 4.79 Å². The highest BCUT2D eigenvalue weighted by molar-refractivity contribution is 5.76. The van der Waals surface area contributed by atoms with Gasteiger partial charge in [-0.15, -0.1) is 0 Å². The van der Waals surface area contributed by atoms with E-state index in [0.29, 0.717) is 25.3 Å². The first-order valence-corrected chi connectivity index (χ1v) is 14.3. The van der Waals surface area contributed by atoms with Crippen LogP contribution in [-0.4, -0.2) is 69.1 Å². The maximum atomic E-state index is 12.4. The molecule has 1 saturated heterocycles. The number of benzene rings is 1. The van der Waals surface area contributed by atoms with Crippen molar-refractivity contribution in [1.29, 1.82) is 0 Å². The number of nitrogens with zero attached hydrogens (tertiary/aromatic N) is 2. The smallest absolute Gasteiger partial charge is 0.231 e. The van der Waals surface area contributed by atoms with Crippen LogP contribution >= 0.6 is 0 Å². The first kappa shape index (κ1) is 27.1. The van der Waals surface area contributed by atoms with Gasteiger partial charge in [-0.25, -0.2) is 0 Å². The van der Waals surface area contributed by atoms with Crippen molar-refractivity contribution in [1.82, 2.24) is 10.2 Å².